The molecule has 0 atom stereocenters. The number of primary amides is 2. The molecule has 0 aromatic heterocycles. The smallest absolute Gasteiger partial charge is 0.225 e. The summed E-state index contributed by atoms with van der Waals surface area (Å²) in [7, 11) is 0. The minimum absolute atomic E-state index is 0.253. The van der Waals surface area contributed by atoms with Crippen LogP contribution < -0.4 is 11.5 Å². The normalized spacial score (nSPS) is 11.4. The van der Waals surface area contributed by atoms with E-state index < -0.39 is 5.41 Å². The summed E-state index contributed by atoms with van der Waals surface area (Å²) in [6.45, 7) is 5.34. The summed E-state index contributed by atoms with van der Waals surface area (Å²) in [6.07, 6.45) is 1.93. The number of hydrogen-bond acceptors (Lipinski definition) is 4. The molecule has 4 N–H and O–H groups in total. The van der Waals surface area contributed by atoms with Crippen molar-refractivity contribution >= 4 is 11.8 Å². The van der Waals surface area contributed by atoms with Crippen LogP contribution in [0.3, 0.4) is 0 Å². The van der Waals surface area contributed by atoms with Crippen LogP contribution in [-0.4, -0.2) is 38.2 Å². The maximum absolute atomic E-state index is 11.0. The second-order valence-corrected chi connectivity index (χ2v) is 4.84. The molecule has 18 heavy (non-hydrogen) atoms. The van der Waals surface area contributed by atoms with Crippen molar-refractivity contribution in [2.24, 2.45) is 16.9 Å². The monoisotopic (exact) mass is 260 g/mol. The van der Waals surface area contributed by atoms with Crippen LogP contribution >= 0.6 is 0 Å². The Balaban J connectivity index is 3.31. The van der Waals surface area contributed by atoms with Gasteiger partial charge in [-0.15, -0.1) is 0 Å². The van der Waals surface area contributed by atoms with Crippen LogP contribution in [0.4, 0.5) is 0 Å². The van der Waals surface area contributed by atoms with E-state index in [0.29, 0.717) is 26.4 Å². The van der Waals surface area contributed by atoms with Crippen LogP contribution in [0.15, 0.2) is 0 Å². The molecule has 0 saturated heterocycles. The lowest BCUT2D eigenvalue weighted by Crippen LogP contribution is -2.35. The van der Waals surface area contributed by atoms with E-state index in [9.17, 15) is 9.59 Å². The molecule has 6 heteroatoms. The zero-order valence-corrected chi connectivity index (χ0v) is 11.2. The zero-order chi connectivity index (χ0) is 14.0. The summed E-state index contributed by atoms with van der Waals surface area (Å²) in [4.78, 5) is 21.4. The summed E-state index contributed by atoms with van der Waals surface area (Å²) in [5.74, 6) is -0.718. The third-order valence-electron chi connectivity index (χ3n) is 2.45. The molecule has 0 heterocycles. The Morgan fingerprint density at radius 2 is 1.56 bits per heavy atom. The molecule has 0 aliphatic rings. The Kier molecular flexibility index (Phi) is 8.32. The molecule has 0 unspecified atom stereocenters. The van der Waals surface area contributed by atoms with Crippen molar-refractivity contribution in [2.45, 2.75) is 33.1 Å². The highest BCUT2D eigenvalue weighted by Crippen LogP contribution is 2.14. The highest BCUT2D eigenvalue weighted by Gasteiger charge is 2.24. The largest absolute Gasteiger partial charge is 0.381 e. The quantitative estimate of drug-likeness (QED) is 0.517. The Morgan fingerprint density at radius 3 is 2.06 bits per heavy atom. The molecule has 6 nitrogen and oxygen atoms in total. The minimum atomic E-state index is -0.627. The van der Waals surface area contributed by atoms with Crippen molar-refractivity contribution in [3.63, 3.8) is 0 Å². The predicted molar refractivity (Wildman–Crippen MR) is 67.7 cm³/mol. The van der Waals surface area contributed by atoms with E-state index in [-0.39, 0.29) is 18.2 Å². The third-order valence-corrected chi connectivity index (χ3v) is 2.45. The lowest BCUT2D eigenvalue weighted by molar-refractivity contribution is -0.129. The first-order valence-electron chi connectivity index (χ1n) is 6.10. The van der Waals surface area contributed by atoms with Crippen LogP contribution in [0.25, 0.3) is 0 Å². The Labute approximate surface area is 108 Å². The average Bonchev–Trinajstić information content (AvgIpc) is 2.26. The van der Waals surface area contributed by atoms with Gasteiger partial charge in [-0.2, -0.15) is 0 Å². The maximum atomic E-state index is 11.0. The van der Waals surface area contributed by atoms with Gasteiger partial charge in [-0.25, -0.2) is 0 Å². The molecule has 0 rings (SSSR count). The van der Waals surface area contributed by atoms with Crippen molar-refractivity contribution in [1.82, 2.24) is 0 Å². The number of ether oxygens (including phenoxy) is 2. The van der Waals surface area contributed by atoms with Crippen molar-refractivity contribution in [3.8, 4) is 0 Å². The van der Waals surface area contributed by atoms with Gasteiger partial charge in [0.25, 0.3) is 0 Å². The lowest BCUT2D eigenvalue weighted by atomic mass is 9.94. The van der Waals surface area contributed by atoms with Gasteiger partial charge in [0, 0.05) is 19.6 Å². The summed E-state index contributed by atoms with van der Waals surface area (Å²) < 4.78 is 10.6. The van der Waals surface area contributed by atoms with E-state index in [4.69, 9.17) is 20.9 Å². The third kappa shape index (κ3) is 8.95. The zero-order valence-electron chi connectivity index (χ0n) is 11.2. The molecule has 0 radical (unpaired) electrons. The SMILES string of the molecule is CC(C)(COCCCCOCCC(N)=O)C(N)=O. The first-order valence-corrected chi connectivity index (χ1v) is 6.10. The topological polar surface area (TPSA) is 105 Å². The molecule has 0 fully saturated rings. The van der Waals surface area contributed by atoms with Gasteiger partial charge in [0.2, 0.25) is 11.8 Å². The van der Waals surface area contributed by atoms with E-state index in [0.717, 1.165) is 12.8 Å². The van der Waals surface area contributed by atoms with Gasteiger partial charge in [-0.05, 0) is 26.7 Å². The van der Waals surface area contributed by atoms with E-state index >= 15 is 0 Å². The van der Waals surface area contributed by atoms with Gasteiger partial charge in [-0.1, -0.05) is 0 Å². The molecule has 0 saturated carbocycles. The van der Waals surface area contributed by atoms with Crippen molar-refractivity contribution in [3.05, 3.63) is 0 Å². The summed E-state index contributed by atoms with van der Waals surface area (Å²) in [5.41, 5.74) is 9.55. The average molecular weight is 260 g/mol. The molecule has 0 aliphatic carbocycles. The minimum Gasteiger partial charge on any atom is -0.381 e. The van der Waals surface area contributed by atoms with E-state index in [1.54, 1.807) is 13.8 Å². The number of carbonyl (C=O) groups excluding carboxylic acids is 2. The number of amides is 2. The first kappa shape index (κ1) is 16.9. The van der Waals surface area contributed by atoms with E-state index in [1.807, 2.05) is 0 Å². The highest BCUT2D eigenvalue weighted by molar-refractivity contribution is 5.80. The van der Waals surface area contributed by atoms with Crippen LogP contribution in [0, 0.1) is 5.41 Å². The highest BCUT2D eigenvalue weighted by atomic mass is 16.5. The molecule has 0 bridgehead atoms. The Morgan fingerprint density at radius 1 is 1.00 bits per heavy atom. The second kappa shape index (κ2) is 8.88. The van der Waals surface area contributed by atoms with Gasteiger partial charge in [0.1, 0.15) is 0 Å². The Hall–Kier alpha value is -1.14. The standard InChI is InChI=1S/C12H24N2O4/c1-12(2,11(14)16)9-18-7-4-3-6-17-8-5-10(13)15/h3-9H2,1-2H3,(H2,13,15)(H2,14,16). The second-order valence-electron chi connectivity index (χ2n) is 4.84. The first-order chi connectivity index (χ1) is 8.36. The molecule has 0 aliphatic heterocycles. The molecule has 0 aromatic rings. The van der Waals surface area contributed by atoms with Crippen LogP contribution in [0.1, 0.15) is 33.1 Å². The van der Waals surface area contributed by atoms with Crippen LogP contribution in [-0.2, 0) is 19.1 Å². The number of nitrogens with two attached hydrogens (primary N) is 2. The van der Waals surface area contributed by atoms with Crippen LogP contribution in [0.5, 0.6) is 0 Å². The summed E-state index contributed by atoms with van der Waals surface area (Å²) in [6, 6.07) is 0. The molecule has 106 valence electrons. The van der Waals surface area contributed by atoms with Gasteiger partial charge >= 0.3 is 0 Å². The molecule has 0 aromatic carbocycles. The fourth-order valence-corrected chi connectivity index (χ4v) is 1.08. The number of carbonyl (C=O) groups is 2. The van der Waals surface area contributed by atoms with Gasteiger partial charge in [0.05, 0.1) is 18.6 Å². The predicted octanol–water partition coefficient (Wildman–Crippen LogP) is 0.187. The Bertz CT molecular complexity index is 267. The number of hydrogen-bond donors (Lipinski definition) is 2. The molecular weight excluding hydrogens is 236 g/mol. The van der Waals surface area contributed by atoms with Gasteiger partial charge in [-0.3, -0.25) is 9.59 Å². The van der Waals surface area contributed by atoms with Crippen molar-refractivity contribution < 1.29 is 19.1 Å². The van der Waals surface area contributed by atoms with Crippen LogP contribution in [0.2, 0.25) is 0 Å². The van der Waals surface area contributed by atoms with E-state index in [2.05, 4.69) is 0 Å². The fraction of sp³-hybridized carbons (Fsp3) is 0.833. The van der Waals surface area contributed by atoms with Gasteiger partial charge in [0.15, 0.2) is 0 Å². The molecule has 0 spiro atoms. The summed E-state index contributed by atoms with van der Waals surface area (Å²) in [5, 5.41) is 0. The molecular formula is C12H24N2O4. The van der Waals surface area contributed by atoms with Gasteiger partial charge < -0.3 is 20.9 Å². The lowest BCUT2D eigenvalue weighted by Gasteiger charge is -2.19. The summed E-state index contributed by atoms with van der Waals surface area (Å²) >= 11 is 0. The number of rotatable bonds is 11. The molecule has 2 amide bonds. The van der Waals surface area contributed by atoms with E-state index in [1.165, 1.54) is 0 Å². The fourth-order valence-electron chi connectivity index (χ4n) is 1.08. The van der Waals surface area contributed by atoms with Crippen molar-refractivity contribution in [1.29, 1.82) is 0 Å². The number of unbranched alkanes of at least 4 members (excludes halogenated alkanes) is 1. The van der Waals surface area contributed by atoms with Crippen molar-refractivity contribution in [2.75, 3.05) is 26.4 Å². The maximum Gasteiger partial charge on any atom is 0.225 e.